The van der Waals surface area contributed by atoms with E-state index in [1.54, 1.807) is 6.92 Å². The molecule has 7 nitrogen and oxygen atoms in total. The van der Waals surface area contributed by atoms with E-state index in [1.807, 2.05) is 6.92 Å². The Hall–Kier alpha value is -1.79. The molecule has 18 heavy (non-hydrogen) atoms. The third-order valence-electron chi connectivity index (χ3n) is 2.67. The third kappa shape index (κ3) is 5.03. The molecule has 0 aliphatic carbocycles. The van der Waals surface area contributed by atoms with E-state index < -0.39 is 30.1 Å². The number of esters is 1. The zero-order valence-electron chi connectivity index (χ0n) is 11.0. The van der Waals surface area contributed by atoms with E-state index in [0.717, 1.165) is 0 Å². The number of hydrogen-bond donors (Lipinski definition) is 3. The minimum absolute atomic E-state index is 0.207. The van der Waals surface area contributed by atoms with Crippen molar-refractivity contribution in [2.24, 2.45) is 5.92 Å². The number of carboxylic acid groups (broad SMARTS) is 1. The normalized spacial score (nSPS) is 15.1. The summed E-state index contributed by atoms with van der Waals surface area (Å²) in [5.74, 6) is -1.91. The van der Waals surface area contributed by atoms with Crippen LogP contribution in [0.15, 0.2) is 0 Å². The third-order valence-corrected chi connectivity index (χ3v) is 2.67. The molecule has 3 atom stereocenters. The monoisotopic (exact) mass is 260 g/mol. The largest absolute Gasteiger partial charge is 0.480 e. The first-order valence-electron chi connectivity index (χ1n) is 5.71. The smallest absolute Gasteiger partial charge is 0.328 e. The second-order valence-corrected chi connectivity index (χ2v) is 4.06. The lowest BCUT2D eigenvalue weighted by atomic mass is 9.99. The zero-order valence-corrected chi connectivity index (χ0v) is 11.0. The number of urea groups is 1. The average molecular weight is 260 g/mol. The molecule has 0 rings (SSSR count). The predicted octanol–water partition coefficient (Wildman–Crippen LogP) is 0.346. The lowest BCUT2D eigenvalue weighted by Crippen LogP contribution is -2.52. The predicted molar refractivity (Wildman–Crippen MR) is 64.0 cm³/mol. The molecule has 0 aromatic heterocycles. The summed E-state index contributed by atoms with van der Waals surface area (Å²) in [6.07, 6.45) is 0.615. The van der Waals surface area contributed by atoms with Crippen LogP contribution in [-0.2, 0) is 14.3 Å². The molecular weight excluding hydrogens is 240 g/mol. The summed E-state index contributed by atoms with van der Waals surface area (Å²) >= 11 is 0. The Labute approximate surface area is 106 Å². The van der Waals surface area contributed by atoms with Gasteiger partial charge in [-0.1, -0.05) is 20.3 Å². The highest BCUT2D eigenvalue weighted by Gasteiger charge is 2.26. The molecule has 0 spiro atoms. The second-order valence-electron chi connectivity index (χ2n) is 4.06. The van der Waals surface area contributed by atoms with Crippen molar-refractivity contribution in [2.75, 3.05) is 7.11 Å². The van der Waals surface area contributed by atoms with Gasteiger partial charge in [0, 0.05) is 0 Å². The van der Waals surface area contributed by atoms with Crippen LogP contribution in [0, 0.1) is 5.92 Å². The van der Waals surface area contributed by atoms with Crippen LogP contribution in [-0.4, -0.2) is 42.3 Å². The number of carbonyl (C=O) groups is 3. The molecule has 0 aliphatic heterocycles. The quantitative estimate of drug-likeness (QED) is 0.597. The van der Waals surface area contributed by atoms with Gasteiger partial charge in [-0.2, -0.15) is 0 Å². The summed E-state index contributed by atoms with van der Waals surface area (Å²) in [6, 6.07) is -2.53. The van der Waals surface area contributed by atoms with Gasteiger partial charge in [0.1, 0.15) is 12.1 Å². The van der Waals surface area contributed by atoms with Crippen LogP contribution in [0.5, 0.6) is 0 Å². The maximum absolute atomic E-state index is 11.5. The minimum Gasteiger partial charge on any atom is -0.480 e. The van der Waals surface area contributed by atoms with Crippen LogP contribution in [0.3, 0.4) is 0 Å². The lowest BCUT2D eigenvalue weighted by molar-refractivity contribution is -0.142. The first-order valence-corrected chi connectivity index (χ1v) is 5.71. The van der Waals surface area contributed by atoms with Gasteiger partial charge in [-0.3, -0.25) is 0 Å². The molecule has 0 heterocycles. The van der Waals surface area contributed by atoms with Crippen LogP contribution < -0.4 is 10.6 Å². The number of ether oxygens (including phenoxy) is 1. The first kappa shape index (κ1) is 16.2. The van der Waals surface area contributed by atoms with Gasteiger partial charge in [-0.25, -0.2) is 14.4 Å². The SMILES string of the molecule is CCC(C)C(NC(=O)NC(C)C(=O)OC)C(=O)O. The van der Waals surface area contributed by atoms with Crippen LogP contribution in [0.4, 0.5) is 4.79 Å². The van der Waals surface area contributed by atoms with Crippen molar-refractivity contribution in [3.63, 3.8) is 0 Å². The summed E-state index contributed by atoms with van der Waals surface area (Å²) in [5.41, 5.74) is 0. The van der Waals surface area contributed by atoms with Crippen molar-refractivity contribution in [1.82, 2.24) is 10.6 Å². The molecule has 104 valence electrons. The maximum atomic E-state index is 11.5. The van der Waals surface area contributed by atoms with Gasteiger partial charge in [0.05, 0.1) is 7.11 Å². The standard InChI is InChI=1S/C11H20N2O5/c1-5-6(2)8(9(14)15)13-11(17)12-7(3)10(16)18-4/h6-8H,5H2,1-4H3,(H,14,15)(H2,12,13,17). The molecule has 7 heteroatoms. The number of rotatable bonds is 6. The highest BCUT2D eigenvalue weighted by Crippen LogP contribution is 2.07. The molecule has 0 bridgehead atoms. The number of hydrogen-bond acceptors (Lipinski definition) is 4. The molecule has 0 aliphatic rings. The van der Waals surface area contributed by atoms with E-state index in [1.165, 1.54) is 14.0 Å². The molecule has 0 fully saturated rings. The number of amides is 2. The van der Waals surface area contributed by atoms with Crippen LogP contribution in [0.2, 0.25) is 0 Å². The van der Waals surface area contributed by atoms with Gasteiger partial charge in [-0.05, 0) is 12.8 Å². The summed E-state index contributed by atoms with van der Waals surface area (Å²) < 4.78 is 4.44. The van der Waals surface area contributed by atoms with Crippen molar-refractivity contribution in [1.29, 1.82) is 0 Å². The molecule has 3 N–H and O–H groups in total. The van der Waals surface area contributed by atoms with E-state index in [4.69, 9.17) is 5.11 Å². The van der Waals surface area contributed by atoms with Gasteiger partial charge < -0.3 is 20.5 Å². The van der Waals surface area contributed by atoms with E-state index in [2.05, 4.69) is 15.4 Å². The molecule has 0 saturated heterocycles. The average Bonchev–Trinajstić information content (AvgIpc) is 2.33. The summed E-state index contributed by atoms with van der Waals surface area (Å²) in [6.45, 7) is 5.00. The molecule has 0 radical (unpaired) electrons. The van der Waals surface area contributed by atoms with Gasteiger partial charge in [0.15, 0.2) is 0 Å². The van der Waals surface area contributed by atoms with E-state index in [9.17, 15) is 14.4 Å². The molecule has 0 aromatic rings. The Bertz CT molecular complexity index is 319. The number of nitrogens with one attached hydrogen (secondary N) is 2. The van der Waals surface area contributed by atoms with Crippen molar-refractivity contribution in [3.05, 3.63) is 0 Å². The Morgan fingerprint density at radius 3 is 2.17 bits per heavy atom. The van der Waals surface area contributed by atoms with Gasteiger partial charge >= 0.3 is 18.0 Å². The summed E-state index contributed by atoms with van der Waals surface area (Å²) in [5, 5.41) is 13.6. The maximum Gasteiger partial charge on any atom is 0.328 e. The van der Waals surface area contributed by atoms with Crippen LogP contribution in [0.25, 0.3) is 0 Å². The van der Waals surface area contributed by atoms with Crippen LogP contribution in [0.1, 0.15) is 27.2 Å². The fourth-order valence-electron chi connectivity index (χ4n) is 1.30. The number of carboxylic acids is 1. The number of carbonyl (C=O) groups excluding carboxylic acids is 2. The molecule has 3 unspecified atom stereocenters. The fourth-order valence-corrected chi connectivity index (χ4v) is 1.30. The Morgan fingerprint density at radius 1 is 1.22 bits per heavy atom. The summed E-state index contributed by atoms with van der Waals surface area (Å²) in [4.78, 5) is 33.6. The molecule has 0 aromatic carbocycles. The highest BCUT2D eigenvalue weighted by molar-refractivity contribution is 5.86. The Morgan fingerprint density at radius 2 is 1.78 bits per heavy atom. The van der Waals surface area contributed by atoms with E-state index >= 15 is 0 Å². The van der Waals surface area contributed by atoms with E-state index in [0.29, 0.717) is 6.42 Å². The minimum atomic E-state index is -1.11. The van der Waals surface area contributed by atoms with Crippen molar-refractivity contribution < 1.29 is 24.2 Å². The first-order chi connectivity index (χ1) is 8.33. The Kier molecular flexibility index (Phi) is 6.77. The fraction of sp³-hybridized carbons (Fsp3) is 0.727. The second kappa shape index (κ2) is 7.52. The molecule has 0 saturated carbocycles. The topological polar surface area (TPSA) is 105 Å². The highest BCUT2D eigenvalue weighted by atomic mass is 16.5. The molecular formula is C11H20N2O5. The number of methoxy groups -OCH3 is 1. The van der Waals surface area contributed by atoms with Crippen molar-refractivity contribution in [2.45, 2.75) is 39.3 Å². The molecule has 2 amide bonds. The van der Waals surface area contributed by atoms with E-state index in [-0.39, 0.29) is 5.92 Å². The number of aliphatic carboxylic acids is 1. The summed E-state index contributed by atoms with van der Waals surface area (Å²) in [7, 11) is 1.21. The van der Waals surface area contributed by atoms with Gasteiger partial charge in [-0.15, -0.1) is 0 Å². The van der Waals surface area contributed by atoms with Gasteiger partial charge in [0.2, 0.25) is 0 Å². The van der Waals surface area contributed by atoms with Crippen molar-refractivity contribution >= 4 is 18.0 Å². The van der Waals surface area contributed by atoms with Crippen molar-refractivity contribution in [3.8, 4) is 0 Å². The lowest BCUT2D eigenvalue weighted by Gasteiger charge is -2.21. The zero-order chi connectivity index (χ0) is 14.3. The Balaban J connectivity index is 4.44. The van der Waals surface area contributed by atoms with Crippen LogP contribution >= 0.6 is 0 Å². The van der Waals surface area contributed by atoms with Gasteiger partial charge in [0.25, 0.3) is 0 Å².